The maximum absolute atomic E-state index is 13.2. The van der Waals surface area contributed by atoms with Crippen LogP contribution in [0.25, 0.3) is 11.5 Å². The summed E-state index contributed by atoms with van der Waals surface area (Å²) < 4.78 is 49.8. The molecule has 3 aromatic rings. The molecule has 1 fully saturated rings. The molecule has 2 atom stereocenters. The maximum Gasteiger partial charge on any atom is 0.416 e. The Balaban J connectivity index is 1.35. The molecule has 7 nitrogen and oxygen atoms in total. The lowest BCUT2D eigenvalue weighted by Gasteiger charge is -2.35. The molecule has 4 rings (SSSR count). The Morgan fingerprint density at radius 3 is 2.60 bits per heavy atom. The smallest absolute Gasteiger partial charge is 0.416 e. The molecule has 0 radical (unpaired) electrons. The molecule has 1 aliphatic heterocycles. The van der Waals surface area contributed by atoms with E-state index in [1.165, 1.54) is 18.5 Å². The molecule has 0 bridgehead atoms. The van der Waals surface area contributed by atoms with E-state index in [1.54, 1.807) is 0 Å². The third-order valence-electron chi connectivity index (χ3n) is 6.32. The summed E-state index contributed by atoms with van der Waals surface area (Å²) in [6.45, 7) is 6.60. The third kappa shape index (κ3) is 5.64. The standard InChI is InChI=1S/C25H27F3N4O3/c1-16(17-7-9-18(10-8-17)22-29-15-30-35-22)31-23(33)24(2,3)32-12-11-21(14-32)34-20-6-4-5-19(13-20)25(26,27)28/h4-10,13,15-16,21H,11-12,14H2,1-3H3,(H,31,33)/t16-,21+/m0/s1. The molecule has 1 saturated heterocycles. The zero-order valence-electron chi connectivity index (χ0n) is 19.7. The minimum atomic E-state index is -4.43. The van der Waals surface area contributed by atoms with E-state index in [2.05, 4.69) is 15.5 Å². The molecule has 2 aromatic carbocycles. The monoisotopic (exact) mass is 488 g/mol. The molecule has 186 valence electrons. The Bertz CT molecular complexity index is 1150. The number of rotatable bonds is 7. The van der Waals surface area contributed by atoms with Gasteiger partial charge >= 0.3 is 6.18 Å². The van der Waals surface area contributed by atoms with Crippen molar-refractivity contribution < 1.29 is 27.2 Å². The lowest BCUT2D eigenvalue weighted by Crippen LogP contribution is -2.54. The molecule has 0 spiro atoms. The van der Waals surface area contributed by atoms with Crippen molar-refractivity contribution in [2.75, 3.05) is 13.1 Å². The van der Waals surface area contributed by atoms with Crippen LogP contribution in [-0.2, 0) is 11.0 Å². The molecule has 0 aliphatic carbocycles. The van der Waals surface area contributed by atoms with Crippen molar-refractivity contribution in [2.45, 2.75) is 51.1 Å². The van der Waals surface area contributed by atoms with Gasteiger partial charge in [0.1, 0.15) is 11.9 Å². The van der Waals surface area contributed by atoms with Crippen LogP contribution in [0.4, 0.5) is 13.2 Å². The van der Waals surface area contributed by atoms with Gasteiger partial charge < -0.3 is 14.6 Å². The van der Waals surface area contributed by atoms with E-state index < -0.39 is 17.3 Å². The van der Waals surface area contributed by atoms with Crippen molar-refractivity contribution in [2.24, 2.45) is 0 Å². The van der Waals surface area contributed by atoms with Crippen molar-refractivity contribution in [3.05, 3.63) is 66.0 Å². The summed E-state index contributed by atoms with van der Waals surface area (Å²) >= 11 is 0. The second-order valence-electron chi connectivity index (χ2n) is 9.12. The summed E-state index contributed by atoms with van der Waals surface area (Å²) in [6.07, 6.45) is -2.79. The summed E-state index contributed by atoms with van der Waals surface area (Å²) in [5.41, 5.74) is 0.131. The van der Waals surface area contributed by atoms with Crippen LogP contribution >= 0.6 is 0 Å². The van der Waals surface area contributed by atoms with Crippen molar-refractivity contribution in [1.82, 2.24) is 20.4 Å². The number of likely N-dealkylation sites (tertiary alicyclic amines) is 1. The molecule has 1 aromatic heterocycles. The molecule has 1 N–H and O–H groups in total. The van der Waals surface area contributed by atoms with Crippen LogP contribution < -0.4 is 10.1 Å². The average molecular weight is 489 g/mol. The molecular weight excluding hydrogens is 461 g/mol. The quantitative estimate of drug-likeness (QED) is 0.512. The zero-order valence-corrected chi connectivity index (χ0v) is 19.7. The van der Waals surface area contributed by atoms with Gasteiger partial charge in [0.05, 0.1) is 17.1 Å². The fraction of sp³-hybridized carbons (Fsp3) is 0.400. The van der Waals surface area contributed by atoms with E-state index in [1.807, 2.05) is 49.9 Å². The lowest BCUT2D eigenvalue weighted by atomic mass is 10.00. The second-order valence-corrected chi connectivity index (χ2v) is 9.12. The molecule has 1 amide bonds. The van der Waals surface area contributed by atoms with Gasteiger partial charge in [-0.15, -0.1) is 0 Å². The van der Waals surface area contributed by atoms with Gasteiger partial charge in [-0.3, -0.25) is 9.69 Å². The second kappa shape index (κ2) is 9.69. The van der Waals surface area contributed by atoms with Gasteiger partial charge in [-0.2, -0.15) is 18.2 Å². The van der Waals surface area contributed by atoms with E-state index in [-0.39, 0.29) is 23.8 Å². The van der Waals surface area contributed by atoms with E-state index in [9.17, 15) is 18.0 Å². The molecule has 1 aliphatic rings. The van der Waals surface area contributed by atoms with Gasteiger partial charge in [0.25, 0.3) is 5.89 Å². The number of hydrogen-bond donors (Lipinski definition) is 1. The first-order valence-electron chi connectivity index (χ1n) is 11.3. The number of ether oxygens (including phenoxy) is 1. The van der Waals surface area contributed by atoms with Crippen LogP contribution in [-0.4, -0.2) is 45.7 Å². The summed E-state index contributed by atoms with van der Waals surface area (Å²) in [5, 5.41) is 6.66. The molecular formula is C25H27F3N4O3. The summed E-state index contributed by atoms with van der Waals surface area (Å²) in [7, 11) is 0. The number of amides is 1. The van der Waals surface area contributed by atoms with Crippen molar-refractivity contribution in [3.63, 3.8) is 0 Å². The number of nitrogens with one attached hydrogen (secondary N) is 1. The van der Waals surface area contributed by atoms with Crippen LogP contribution in [0.5, 0.6) is 5.75 Å². The number of carbonyl (C=O) groups excluding carboxylic acids is 1. The lowest BCUT2D eigenvalue weighted by molar-refractivity contribution is -0.137. The van der Waals surface area contributed by atoms with Crippen LogP contribution in [0.15, 0.2) is 59.4 Å². The highest BCUT2D eigenvalue weighted by Crippen LogP contribution is 2.32. The number of alkyl halides is 3. The van der Waals surface area contributed by atoms with Crippen LogP contribution in [0, 0.1) is 0 Å². The highest BCUT2D eigenvalue weighted by molar-refractivity contribution is 5.85. The highest BCUT2D eigenvalue weighted by Gasteiger charge is 2.40. The van der Waals surface area contributed by atoms with Crippen LogP contribution in [0.3, 0.4) is 0 Å². The number of halogens is 3. The molecule has 0 unspecified atom stereocenters. The molecule has 2 heterocycles. The molecule has 10 heteroatoms. The molecule has 0 saturated carbocycles. The minimum absolute atomic E-state index is 0.148. The Labute approximate surface area is 201 Å². The normalized spacial score (nSPS) is 17.8. The average Bonchev–Trinajstić information content (AvgIpc) is 3.52. The predicted molar refractivity (Wildman–Crippen MR) is 122 cm³/mol. The Hall–Kier alpha value is -3.40. The van der Waals surface area contributed by atoms with Crippen molar-refractivity contribution >= 4 is 5.91 Å². The minimum Gasteiger partial charge on any atom is -0.489 e. The first kappa shape index (κ1) is 24.7. The van der Waals surface area contributed by atoms with Crippen molar-refractivity contribution in [3.8, 4) is 17.2 Å². The first-order chi connectivity index (χ1) is 16.5. The van der Waals surface area contributed by atoms with Gasteiger partial charge in [-0.25, -0.2) is 0 Å². The third-order valence-corrected chi connectivity index (χ3v) is 6.32. The Morgan fingerprint density at radius 1 is 1.20 bits per heavy atom. The van der Waals surface area contributed by atoms with Crippen LogP contribution in [0.2, 0.25) is 0 Å². The number of hydrogen-bond acceptors (Lipinski definition) is 6. The van der Waals surface area contributed by atoms with Gasteiger partial charge in [-0.05, 0) is 63.1 Å². The summed E-state index contributed by atoms with van der Waals surface area (Å²) in [4.78, 5) is 19.2. The SMILES string of the molecule is C[C@H](NC(=O)C(C)(C)N1CC[C@@H](Oc2cccc(C(F)(F)F)c2)C1)c1ccc(-c2ncno2)cc1. The first-order valence-corrected chi connectivity index (χ1v) is 11.3. The summed E-state index contributed by atoms with van der Waals surface area (Å²) in [5.74, 6) is 0.447. The zero-order chi connectivity index (χ0) is 25.2. The van der Waals surface area contributed by atoms with Crippen molar-refractivity contribution in [1.29, 1.82) is 0 Å². The number of aromatic nitrogens is 2. The van der Waals surface area contributed by atoms with E-state index in [4.69, 9.17) is 9.26 Å². The fourth-order valence-corrected chi connectivity index (χ4v) is 4.09. The number of nitrogens with zero attached hydrogens (tertiary/aromatic N) is 3. The Kier molecular flexibility index (Phi) is 6.84. The van der Waals surface area contributed by atoms with E-state index in [0.29, 0.717) is 25.4 Å². The highest BCUT2D eigenvalue weighted by atomic mass is 19.4. The number of carbonyl (C=O) groups is 1. The molecule has 35 heavy (non-hydrogen) atoms. The Morgan fingerprint density at radius 2 is 1.94 bits per heavy atom. The van der Waals surface area contributed by atoms with Crippen LogP contribution in [0.1, 0.15) is 44.4 Å². The predicted octanol–water partition coefficient (Wildman–Crippen LogP) is 4.86. The maximum atomic E-state index is 13.2. The van der Waals surface area contributed by atoms with Gasteiger partial charge in [0.2, 0.25) is 5.91 Å². The topological polar surface area (TPSA) is 80.5 Å². The van der Waals surface area contributed by atoms with E-state index in [0.717, 1.165) is 23.3 Å². The van der Waals surface area contributed by atoms with Gasteiger partial charge in [0, 0.05) is 18.7 Å². The number of benzene rings is 2. The fourth-order valence-electron chi connectivity index (χ4n) is 4.09. The van der Waals surface area contributed by atoms with Gasteiger partial charge in [-0.1, -0.05) is 23.4 Å². The van der Waals surface area contributed by atoms with Gasteiger partial charge in [0.15, 0.2) is 6.33 Å². The van der Waals surface area contributed by atoms with E-state index >= 15 is 0 Å². The summed E-state index contributed by atoms with van der Waals surface area (Å²) in [6, 6.07) is 12.1. The largest absolute Gasteiger partial charge is 0.489 e.